The molecular formula is C13H13ClN2. The Balaban J connectivity index is 2.68. The number of allylic oxidation sites excluding steroid dienone is 2. The zero-order valence-electron chi connectivity index (χ0n) is 9.58. The fourth-order valence-electron chi connectivity index (χ4n) is 2.33. The van der Waals surface area contributed by atoms with Gasteiger partial charge < -0.3 is 4.90 Å². The van der Waals surface area contributed by atoms with Gasteiger partial charge in [0, 0.05) is 34.9 Å². The molecule has 0 N–H and O–H groups in total. The van der Waals surface area contributed by atoms with E-state index in [2.05, 4.69) is 24.8 Å². The van der Waals surface area contributed by atoms with Crippen LogP contribution in [0.3, 0.4) is 0 Å². The fourth-order valence-corrected chi connectivity index (χ4v) is 2.50. The average molecular weight is 233 g/mol. The molecule has 1 heterocycles. The van der Waals surface area contributed by atoms with Crippen LogP contribution in [0.15, 0.2) is 30.0 Å². The number of fused-ring (bicyclic) bond motifs is 1. The fraction of sp³-hybridized carbons (Fsp3) is 0.308. The smallest absolute Gasteiger partial charge is 0.0930 e. The summed E-state index contributed by atoms with van der Waals surface area (Å²) in [6.45, 7) is 4.21. The number of nitrogens with zero attached hydrogens (tertiary/aromatic N) is 2. The minimum atomic E-state index is -0.162. The summed E-state index contributed by atoms with van der Waals surface area (Å²) in [4.78, 5) is 2.05. The van der Waals surface area contributed by atoms with E-state index < -0.39 is 0 Å². The van der Waals surface area contributed by atoms with E-state index in [1.54, 1.807) is 6.08 Å². The highest BCUT2D eigenvalue weighted by atomic mass is 35.5. The van der Waals surface area contributed by atoms with Crippen molar-refractivity contribution in [2.45, 2.75) is 19.3 Å². The van der Waals surface area contributed by atoms with Crippen molar-refractivity contribution in [3.63, 3.8) is 0 Å². The van der Waals surface area contributed by atoms with Gasteiger partial charge in [0.25, 0.3) is 0 Å². The number of likely N-dealkylation sites (N-methyl/N-ethyl adjacent to an activating group) is 1. The van der Waals surface area contributed by atoms with Crippen LogP contribution in [0.4, 0.5) is 5.69 Å². The Morgan fingerprint density at radius 2 is 2.12 bits per heavy atom. The third-order valence-corrected chi connectivity index (χ3v) is 3.43. The lowest BCUT2D eigenvalue weighted by Gasteiger charge is -2.22. The summed E-state index contributed by atoms with van der Waals surface area (Å²) in [5, 5.41) is 9.57. The zero-order valence-corrected chi connectivity index (χ0v) is 10.3. The second-order valence-electron chi connectivity index (χ2n) is 4.50. The van der Waals surface area contributed by atoms with E-state index >= 15 is 0 Å². The molecule has 0 aromatic heterocycles. The Bertz CT molecular complexity index is 509. The Morgan fingerprint density at radius 1 is 1.44 bits per heavy atom. The van der Waals surface area contributed by atoms with Crippen molar-refractivity contribution < 1.29 is 0 Å². The minimum absolute atomic E-state index is 0.162. The van der Waals surface area contributed by atoms with Gasteiger partial charge in [0.15, 0.2) is 0 Å². The van der Waals surface area contributed by atoms with Crippen molar-refractivity contribution in [3.8, 4) is 6.07 Å². The van der Waals surface area contributed by atoms with Gasteiger partial charge >= 0.3 is 0 Å². The maximum absolute atomic E-state index is 8.83. The molecule has 1 aromatic carbocycles. The lowest BCUT2D eigenvalue weighted by atomic mass is 9.84. The quantitative estimate of drug-likeness (QED) is 0.641. The molecule has 0 saturated carbocycles. The third kappa shape index (κ3) is 1.40. The van der Waals surface area contributed by atoms with Crippen molar-refractivity contribution in [2.24, 2.45) is 0 Å². The molecule has 1 aromatic rings. The maximum Gasteiger partial charge on any atom is 0.0930 e. The van der Waals surface area contributed by atoms with E-state index in [1.807, 2.05) is 25.2 Å². The first-order chi connectivity index (χ1) is 7.48. The van der Waals surface area contributed by atoms with Gasteiger partial charge in [-0.15, -0.1) is 0 Å². The van der Waals surface area contributed by atoms with E-state index in [4.69, 9.17) is 16.9 Å². The Hall–Kier alpha value is -1.46. The first-order valence-corrected chi connectivity index (χ1v) is 5.50. The van der Waals surface area contributed by atoms with Crippen LogP contribution >= 0.6 is 11.6 Å². The predicted octanol–water partition coefficient (Wildman–Crippen LogP) is 3.47. The lowest BCUT2D eigenvalue weighted by Crippen LogP contribution is -2.22. The van der Waals surface area contributed by atoms with E-state index in [-0.39, 0.29) is 5.41 Å². The third-order valence-electron chi connectivity index (χ3n) is 3.20. The summed E-state index contributed by atoms with van der Waals surface area (Å²) < 4.78 is 0. The van der Waals surface area contributed by atoms with Crippen LogP contribution < -0.4 is 4.90 Å². The predicted molar refractivity (Wildman–Crippen MR) is 66.6 cm³/mol. The second-order valence-corrected chi connectivity index (χ2v) is 4.94. The van der Waals surface area contributed by atoms with Gasteiger partial charge in [-0.2, -0.15) is 5.26 Å². The molecule has 0 bridgehead atoms. The number of rotatable bonds is 0. The topological polar surface area (TPSA) is 27.0 Å². The van der Waals surface area contributed by atoms with Gasteiger partial charge in [-0.1, -0.05) is 25.4 Å². The van der Waals surface area contributed by atoms with Crippen molar-refractivity contribution in [2.75, 3.05) is 11.9 Å². The molecule has 0 atom stereocenters. The van der Waals surface area contributed by atoms with Crippen LogP contribution in [0.1, 0.15) is 19.4 Å². The lowest BCUT2D eigenvalue weighted by molar-refractivity contribution is 0.640. The standard InChI is InChI=1S/C13H13ClN2/c1-13(2)10-8-9(14)4-5-11(10)16(3)12(13)6-7-15/h4-6,8H,1-3H3/b12-6-. The molecular weight excluding hydrogens is 220 g/mol. The van der Waals surface area contributed by atoms with Crippen molar-refractivity contribution in [1.29, 1.82) is 5.26 Å². The molecule has 0 radical (unpaired) electrons. The van der Waals surface area contributed by atoms with Crippen molar-refractivity contribution in [1.82, 2.24) is 0 Å². The first kappa shape index (κ1) is 11.0. The second kappa shape index (κ2) is 3.54. The van der Waals surface area contributed by atoms with Crippen molar-refractivity contribution in [3.05, 3.63) is 40.6 Å². The average Bonchev–Trinajstić information content (AvgIpc) is 2.40. The molecule has 0 spiro atoms. The Morgan fingerprint density at radius 3 is 2.75 bits per heavy atom. The van der Waals surface area contributed by atoms with Crippen LogP contribution in [0, 0.1) is 11.3 Å². The Kier molecular flexibility index (Phi) is 2.44. The number of hydrogen-bond acceptors (Lipinski definition) is 2. The van der Waals surface area contributed by atoms with Crippen molar-refractivity contribution >= 4 is 17.3 Å². The SMILES string of the molecule is CN1/C(=C\C#N)C(C)(C)c2cc(Cl)ccc21. The summed E-state index contributed by atoms with van der Waals surface area (Å²) in [6.07, 6.45) is 1.61. The van der Waals surface area contributed by atoms with Gasteiger partial charge in [0.1, 0.15) is 0 Å². The van der Waals surface area contributed by atoms with Crippen LogP contribution in [0.2, 0.25) is 5.02 Å². The molecule has 0 aliphatic carbocycles. The highest BCUT2D eigenvalue weighted by Gasteiger charge is 2.38. The summed E-state index contributed by atoms with van der Waals surface area (Å²) in [5.74, 6) is 0. The number of hydrogen-bond donors (Lipinski definition) is 0. The number of benzene rings is 1. The first-order valence-electron chi connectivity index (χ1n) is 5.12. The van der Waals surface area contributed by atoms with Gasteiger partial charge in [-0.3, -0.25) is 0 Å². The molecule has 2 nitrogen and oxygen atoms in total. The highest BCUT2D eigenvalue weighted by molar-refractivity contribution is 6.30. The molecule has 3 heteroatoms. The van der Waals surface area contributed by atoms with E-state index in [0.29, 0.717) is 0 Å². The largest absolute Gasteiger partial charge is 0.346 e. The van der Waals surface area contributed by atoms with Crippen LogP contribution in [-0.4, -0.2) is 7.05 Å². The molecule has 1 aliphatic heterocycles. The van der Waals surface area contributed by atoms with Gasteiger partial charge in [0.05, 0.1) is 6.07 Å². The maximum atomic E-state index is 8.83. The highest BCUT2D eigenvalue weighted by Crippen LogP contribution is 2.47. The van der Waals surface area contributed by atoms with Crippen LogP contribution in [0.5, 0.6) is 0 Å². The summed E-state index contributed by atoms with van der Waals surface area (Å²) >= 11 is 6.02. The normalized spacial score (nSPS) is 19.7. The number of anilines is 1. The van der Waals surface area contributed by atoms with E-state index in [9.17, 15) is 0 Å². The molecule has 0 unspecified atom stereocenters. The molecule has 0 fully saturated rings. The van der Waals surface area contributed by atoms with E-state index in [0.717, 1.165) is 16.4 Å². The molecule has 2 rings (SSSR count). The molecule has 82 valence electrons. The monoisotopic (exact) mass is 232 g/mol. The van der Waals surface area contributed by atoms with Gasteiger partial charge in [-0.25, -0.2) is 0 Å². The summed E-state index contributed by atoms with van der Waals surface area (Å²) in [6, 6.07) is 7.96. The minimum Gasteiger partial charge on any atom is -0.346 e. The number of nitriles is 1. The summed E-state index contributed by atoms with van der Waals surface area (Å²) in [7, 11) is 1.98. The van der Waals surface area contributed by atoms with Crippen LogP contribution in [0.25, 0.3) is 0 Å². The summed E-state index contributed by atoms with van der Waals surface area (Å²) in [5.41, 5.74) is 3.14. The van der Waals surface area contributed by atoms with Crippen LogP contribution in [-0.2, 0) is 5.41 Å². The molecule has 16 heavy (non-hydrogen) atoms. The molecule has 0 amide bonds. The molecule has 1 aliphatic rings. The van der Waals surface area contributed by atoms with Gasteiger partial charge in [0.2, 0.25) is 0 Å². The zero-order chi connectivity index (χ0) is 11.9. The number of halogens is 1. The molecule has 0 saturated heterocycles. The Labute approximate surface area is 101 Å². The van der Waals surface area contributed by atoms with Gasteiger partial charge in [-0.05, 0) is 23.8 Å². The van der Waals surface area contributed by atoms with E-state index in [1.165, 1.54) is 5.56 Å².